The summed E-state index contributed by atoms with van der Waals surface area (Å²) in [6, 6.07) is 11.4. The van der Waals surface area contributed by atoms with Crippen molar-refractivity contribution in [3.8, 4) is 11.5 Å². The molecule has 4 nitrogen and oxygen atoms in total. The van der Waals surface area contributed by atoms with Crippen LogP contribution >= 0.6 is 0 Å². The highest BCUT2D eigenvalue weighted by Gasteiger charge is 2.17. The Bertz CT molecular complexity index is 689. The van der Waals surface area contributed by atoms with E-state index in [4.69, 9.17) is 4.74 Å². The number of benzene rings is 2. The van der Waals surface area contributed by atoms with Crippen LogP contribution in [0.3, 0.4) is 0 Å². The van der Waals surface area contributed by atoms with Crippen LogP contribution in [0.2, 0.25) is 0 Å². The second-order valence-corrected chi connectivity index (χ2v) is 4.78. The van der Waals surface area contributed by atoms with Gasteiger partial charge in [0.2, 0.25) is 0 Å². The van der Waals surface area contributed by atoms with E-state index in [1.54, 1.807) is 24.3 Å². The van der Waals surface area contributed by atoms with Crippen LogP contribution < -0.4 is 4.74 Å². The second kappa shape index (κ2) is 6.22. The lowest BCUT2D eigenvalue weighted by molar-refractivity contribution is 0.0892. The third kappa shape index (κ3) is 3.48. The lowest BCUT2D eigenvalue weighted by Crippen LogP contribution is -2.09. The zero-order chi connectivity index (χ0) is 15.4. The number of hydrogen-bond donors (Lipinski definition) is 1. The zero-order valence-corrected chi connectivity index (χ0v) is 11.9. The van der Waals surface area contributed by atoms with Crippen LogP contribution in [0.5, 0.6) is 11.5 Å². The number of methoxy groups -OCH3 is 1. The number of rotatable bonds is 5. The van der Waals surface area contributed by atoms with Gasteiger partial charge in [-0.1, -0.05) is 23.8 Å². The maximum absolute atomic E-state index is 12.2. The number of aryl methyl sites for hydroxylation is 1. The molecule has 0 spiro atoms. The van der Waals surface area contributed by atoms with Gasteiger partial charge < -0.3 is 9.84 Å². The Morgan fingerprint density at radius 2 is 1.86 bits per heavy atom. The van der Waals surface area contributed by atoms with Crippen molar-refractivity contribution >= 4 is 11.6 Å². The Kier molecular flexibility index (Phi) is 4.38. The van der Waals surface area contributed by atoms with E-state index in [-0.39, 0.29) is 23.5 Å². The van der Waals surface area contributed by atoms with Gasteiger partial charge in [-0.05, 0) is 31.2 Å². The van der Waals surface area contributed by atoms with Gasteiger partial charge >= 0.3 is 0 Å². The van der Waals surface area contributed by atoms with Gasteiger partial charge in [0.05, 0.1) is 19.1 Å². The van der Waals surface area contributed by atoms with Gasteiger partial charge in [-0.25, -0.2) is 0 Å². The molecule has 0 aromatic heterocycles. The molecule has 21 heavy (non-hydrogen) atoms. The molecule has 0 aliphatic carbocycles. The Balaban J connectivity index is 2.20. The first kappa shape index (κ1) is 14.8. The first-order valence-electron chi connectivity index (χ1n) is 6.51. The summed E-state index contributed by atoms with van der Waals surface area (Å²) in [5, 5.41) is 9.74. The standard InChI is InChI=1S/C17H16O4/c1-11-4-3-5-12(8-11)16(19)10-17(20)14-9-13(21-2)6-7-15(14)18/h3-9,18H,10H2,1-2H3. The maximum Gasteiger partial charge on any atom is 0.174 e. The highest BCUT2D eigenvalue weighted by atomic mass is 16.5. The number of Topliss-reactive ketones (excluding diaryl/α,β-unsaturated/α-hetero) is 2. The highest BCUT2D eigenvalue weighted by molar-refractivity contribution is 6.14. The largest absolute Gasteiger partial charge is 0.507 e. The molecule has 0 aliphatic rings. The number of aromatic hydroxyl groups is 1. The van der Waals surface area contributed by atoms with E-state index in [2.05, 4.69) is 0 Å². The monoisotopic (exact) mass is 284 g/mol. The topological polar surface area (TPSA) is 63.6 Å². The lowest BCUT2D eigenvalue weighted by Gasteiger charge is -2.06. The maximum atomic E-state index is 12.2. The minimum absolute atomic E-state index is 0.0929. The zero-order valence-electron chi connectivity index (χ0n) is 11.9. The third-order valence-corrected chi connectivity index (χ3v) is 3.17. The van der Waals surface area contributed by atoms with Crippen LogP contribution in [-0.4, -0.2) is 23.8 Å². The molecule has 2 aromatic rings. The van der Waals surface area contributed by atoms with Gasteiger partial charge in [0, 0.05) is 5.56 Å². The summed E-state index contributed by atoms with van der Waals surface area (Å²) in [6.45, 7) is 1.88. The average molecular weight is 284 g/mol. The quantitative estimate of drug-likeness (QED) is 0.676. The lowest BCUT2D eigenvalue weighted by atomic mass is 10.00. The molecule has 0 saturated carbocycles. The number of carbonyl (C=O) groups excluding carboxylic acids is 2. The van der Waals surface area contributed by atoms with Crippen LogP contribution in [-0.2, 0) is 0 Å². The van der Waals surface area contributed by atoms with Gasteiger partial charge in [-0.3, -0.25) is 9.59 Å². The molecule has 0 atom stereocenters. The fourth-order valence-corrected chi connectivity index (χ4v) is 2.03. The number of phenolic OH excluding ortho intramolecular Hbond substituents is 1. The number of ketones is 2. The van der Waals surface area contributed by atoms with Gasteiger partial charge in [0.15, 0.2) is 11.6 Å². The van der Waals surface area contributed by atoms with Gasteiger partial charge in [0.25, 0.3) is 0 Å². The molecular weight excluding hydrogens is 268 g/mol. The van der Waals surface area contributed by atoms with Crippen molar-refractivity contribution < 1.29 is 19.4 Å². The molecule has 2 aromatic carbocycles. The second-order valence-electron chi connectivity index (χ2n) is 4.78. The van der Waals surface area contributed by atoms with Crippen molar-refractivity contribution in [2.24, 2.45) is 0 Å². The third-order valence-electron chi connectivity index (χ3n) is 3.17. The van der Waals surface area contributed by atoms with Crippen LogP contribution in [0.25, 0.3) is 0 Å². The molecule has 0 amide bonds. The van der Waals surface area contributed by atoms with Crippen molar-refractivity contribution in [2.75, 3.05) is 7.11 Å². The van der Waals surface area contributed by atoms with Crippen LogP contribution in [0.1, 0.15) is 32.7 Å². The molecule has 2 rings (SSSR count). The van der Waals surface area contributed by atoms with E-state index < -0.39 is 5.78 Å². The van der Waals surface area contributed by atoms with Crippen LogP contribution in [0, 0.1) is 6.92 Å². The molecule has 4 heteroatoms. The summed E-state index contributed by atoms with van der Waals surface area (Å²) >= 11 is 0. The minimum Gasteiger partial charge on any atom is -0.507 e. The van der Waals surface area contributed by atoms with Crippen molar-refractivity contribution in [1.29, 1.82) is 0 Å². The molecule has 0 saturated heterocycles. The van der Waals surface area contributed by atoms with E-state index in [0.29, 0.717) is 11.3 Å². The first-order valence-corrected chi connectivity index (χ1v) is 6.51. The predicted molar refractivity (Wildman–Crippen MR) is 79.1 cm³/mol. The first-order chi connectivity index (χ1) is 10.0. The molecule has 1 N–H and O–H groups in total. The SMILES string of the molecule is COc1ccc(O)c(C(=O)CC(=O)c2cccc(C)c2)c1. The van der Waals surface area contributed by atoms with Crippen molar-refractivity contribution in [2.45, 2.75) is 13.3 Å². The summed E-state index contributed by atoms with van der Waals surface area (Å²) in [5.41, 5.74) is 1.54. The Morgan fingerprint density at radius 3 is 2.52 bits per heavy atom. The van der Waals surface area contributed by atoms with Crippen molar-refractivity contribution in [3.63, 3.8) is 0 Å². The van der Waals surface area contributed by atoms with E-state index in [9.17, 15) is 14.7 Å². The summed E-state index contributed by atoms with van der Waals surface area (Å²) in [5.74, 6) is -0.402. The fourth-order valence-electron chi connectivity index (χ4n) is 2.03. The minimum atomic E-state index is -0.432. The highest BCUT2D eigenvalue weighted by Crippen LogP contribution is 2.24. The normalized spacial score (nSPS) is 10.2. The molecule has 0 radical (unpaired) electrons. The van der Waals surface area contributed by atoms with E-state index in [1.807, 2.05) is 13.0 Å². The van der Waals surface area contributed by atoms with Crippen LogP contribution in [0.15, 0.2) is 42.5 Å². The van der Waals surface area contributed by atoms with Gasteiger partial charge in [-0.15, -0.1) is 0 Å². The Morgan fingerprint density at radius 1 is 1.10 bits per heavy atom. The van der Waals surface area contributed by atoms with Gasteiger partial charge in [0.1, 0.15) is 11.5 Å². The van der Waals surface area contributed by atoms with E-state index in [1.165, 1.54) is 19.2 Å². The van der Waals surface area contributed by atoms with Gasteiger partial charge in [-0.2, -0.15) is 0 Å². The van der Waals surface area contributed by atoms with Crippen molar-refractivity contribution in [3.05, 3.63) is 59.2 Å². The molecule has 0 heterocycles. The molecule has 0 fully saturated rings. The molecular formula is C17H16O4. The summed E-state index contributed by atoms with van der Waals surface area (Å²) in [4.78, 5) is 24.3. The smallest absolute Gasteiger partial charge is 0.174 e. The number of phenols is 1. The molecule has 108 valence electrons. The Hall–Kier alpha value is -2.62. The number of ether oxygens (including phenoxy) is 1. The predicted octanol–water partition coefficient (Wildman–Crippen LogP) is 3.16. The Labute approximate surface area is 123 Å². The number of hydrogen-bond acceptors (Lipinski definition) is 4. The number of carbonyl (C=O) groups is 2. The van der Waals surface area contributed by atoms with Crippen molar-refractivity contribution in [1.82, 2.24) is 0 Å². The van der Waals surface area contributed by atoms with Crippen LogP contribution in [0.4, 0.5) is 0 Å². The molecule has 0 bridgehead atoms. The average Bonchev–Trinajstić information content (AvgIpc) is 2.47. The fraction of sp³-hybridized carbons (Fsp3) is 0.176. The van der Waals surface area contributed by atoms with E-state index >= 15 is 0 Å². The molecule has 0 aliphatic heterocycles. The summed E-state index contributed by atoms with van der Waals surface area (Å²) in [7, 11) is 1.47. The summed E-state index contributed by atoms with van der Waals surface area (Å²) < 4.78 is 5.02. The molecule has 0 unspecified atom stereocenters. The summed E-state index contributed by atoms with van der Waals surface area (Å²) in [6.07, 6.45) is -0.288. The van der Waals surface area contributed by atoms with E-state index in [0.717, 1.165) is 5.56 Å².